The quantitative estimate of drug-likeness (QED) is 0.315. The molecule has 5 aromatic rings. The molecule has 0 saturated heterocycles. The SMILES string of the molecule is C=C(Nc1cncc(Cc2ccccc2)c1)c1n[nH]c2ccc(-c3cccc(F)c3F)cc12. The molecule has 0 fully saturated rings. The topological polar surface area (TPSA) is 53.6 Å². The average Bonchev–Trinajstić information content (AvgIpc) is 3.25. The first-order chi connectivity index (χ1) is 16.1. The molecule has 6 heteroatoms. The standard InChI is InChI=1S/C27H20F2N4/c1-17(31-21-13-19(15-30-16-21)12-18-6-3-2-4-7-18)27-23-14-20(10-11-25(23)32-33-27)22-8-5-9-24(28)26(22)29/h2-11,13-16,31H,1,12H2,(H,32,33). The summed E-state index contributed by atoms with van der Waals surface area (Å²) < 4.78 is 28.0. The van der Waals surface area contributed by atoms with Crippen molar-refractivity contribution in [3.8, 4) is 11.1 Å². The van der Waals surface area contributed by atoms with Crippen molar-refractivity contribution in [2.75, 3.05) is 5.32 Å². The second-order valence-corrected chi connectivity index (χ2v) is 7.78. The molecule has 3 aromatic carbocycles. The van der Waals surface area contributed by atoms with Gasteiger partial charge in [-0.15, -0.1) is 0 Å². The molecule has 33 heavy (non-hydrogen) atoms. The number of hydrogen-bond donors (Lipinski definition) is 2. The molecule has 0 saturated carbocycles. The minimum absolute atomic E-state index is 0.195. The third-order valence-electron chi connectivity index (χ3n) is 5.45. The van der Waals surface area contributed by atoms with Crippen molar-refractivity contribution in [1.82, 2.24) is 15.2 Å². The minimum Gasteiger partial charge on any atom is -0.353 e. The van der Waals surface area contributed by atoms with Crippen LogP contribution in [-0.2, 0) is 6.42 Å². The summed E-state index contributed by atoms with van der Waals surface area (Å²) in [7, 11) is 0. The lowest BCUT2D eigenvalue weighted by molar-refractivity contribution is 0.511. The summed E-state index contributed by atoms with van der Waals surface area (Å²) in [4.78, 5) is 4.34. The Bertz CT molecular complexity index is 1460. The summed E-state index contributed by atoms with van der Waals surface area (Å²) in [5.74, 6) is -1.76. The monoisotopic (exact) mass is 438 g/mol. The van der Waals surface area contributed by atoms with E-state index in [4.69, 9.17) is 0 Å². The van der Waals surface area contributed by atoms with Gasteiger partial charge in [0.1, 0.15) is 5.69 Å². The lowest BCUT2D eigenvalue weighted by atomic mass is 10.0. The molecule has 162 valence electrons. The lowest BCUT2D eigenvalue weighted by Gasteiger charge is -2.10. The van der Waals surface area contributed by atoms with E-state index >= 15 is 0 Å². The number of H-pyrrole nitrogens is 1. The van der Waals surface area contributed by atoms with Crippen LogP contribution in [0.5, 0.6) is 0 Å². The van der Waals surface area contributed by atoms with Crippen molar-refractivity contribution in [3.05, 3.63) is 120 Å². The van der Waals surface area contributed by atoms with E-state index in [9.17, 15) is 8.78 Å². The van der Waals surface area contributed by atoms with Crippen LogP contribution in [0.1, 0.15) is 16.8 Å². The number of benzene rings is 3. The fraction of sp³-hybridized carbons (Fsp3) is 0.0370. The van der Waals surface area contributed by atoms with Crippen molar-refractivity contribution in [2.45, 2.75) is 6.42 Å². The van der Waals surface area contributed by atoms with Crippen LogP contribution in [0.4, 0.5) is 14.5 Å². The van der Waals surface area contributed by atoms with E-state index in [2.05, 4.69) is 39.2 Å². The Kier molecular flexibility index (Phi) is 5.40. The van der Waals surface area contributed by atoms with Crippen LogP contribution < -0.4 is 5.32 Å². The third-order valence-corrected chi connectivity index (χ3v) is 5.45. The second-order valence-electron chi connectivity index (χ2n) is 7.78. The molecule has 0 radical (unpaired) electrons. The largest absolute Gasteiger partial charge is 0.353 e. The maximum atomic E-state index is 14.3. The maximum absolute atomic E-state index is 14.3. The van der Waals surface area contributed by atoms with Crippen LogP contribution in [0.15, 0.2) is 91.8 Å². The summed E-state index contributed by atoms with van der Waals surface area (Å²) in [5, 5.41) is 11.4. The molecular weight excluding hydrogens is 418 g/mol. The summed E-state index contributed by atoms with van der Waals surface area (Å²) in [6.07, 6.45) is 4.33. The number of pyridine rings is 1. The first-order valence-corrected chi connectivity index (χ1v) is 10.4. The highest BCUT2D eigenvalue weighted by Gasteiger charge is 2.14. The van der Waals surface area contributed by atoms with E-state index in [1.807, 2.05) is 30.5 Å². The average molecular weight is 438 g/mol. The van der Waals surface area contributed by atoms with Crippen LogP contribution >= 0.6 is 0 Å². The number of aromatic nitrogens is 3. The third kappa shape index (κ3) is 4.23. The molecule has 0 aliphatic carbocycles. The van der Waals surface area contributed by atoms with Gasteiger partial charge in [0.25, 0.3) is 0 Å². The molecule has 2 aromatic heterocycles. The summed E-state index contributed by atoms with van der Waals surface area (Å²) >= 11 is 0. The fourth-order valence-corrected chi connectivity index (χ4v) is 3.86. The highest BCUT2D eigenvalue weighted by molar-refractivity contribution is 5.95. The Labute approximate surface area is 189 Å². The van der Waals surface area contributed by atoms with Gasteiger partial charge in [0.15, 0.2) is 11.6 Å². The van der Waals surface area contributed by atoms with Gasteiger partial charge >= 0.3 is 0 Å². The molecule has 2 heterocycles. The van der Waals surface area contributed by atoms with Crippen molar-refractivity contribution in [2.24, 2.45) is 0 Å². The molecular formula is C27H20F2N4. The number of hydrogen-bond acceptors (Lipinski definition) is 3. The normalized spacial score (nSPS) is 11.0. The van der Waals surface area contributed by atoms with Crippen LogP contribution in [0.3, 0.4) is 0 Å². The zero-order valence-electron chi connectivity index (χ0n) is 17.6. The number of nitrogens with one attached hydrogen (secondary N) is 2. The van der Waals surface area contributed by atoms with E-state index in [1.165, 1.54) is 11.6 Å². The van der Waals surface area contributed by atoms with E-state index in [1.54, 1.807) is 30.5 Å². The van der Waals surface area contributed by atoms with E-state index in [0.29, 0.717) is 17.0 Å². The Morgan fingerprint density at radius 1 is 0.909 bits per heavy atom. The molecule has 0 unspecified atom stereocenters. The Morgan fingerprint density at radius 2 is 1.76 bits per heavy atom. The van der Waals surface area contributed by atoms with Crippen LogP contribution in [-0.4, -0.2) is 15.2 Å². The zero-order valence-corrected chi connectivity index (χ0v) is 17.6. The maximum Gasteiger partial charge on any atom is 0.166 e. The van der Waals surface area contributed by atoms with Gasteiger partial charge in [-0.05, 0) is 47.4 Å². The van der Waals surface area contributed by atoms with E-state index < -0.39 is 11.6 Å². The number of nitrogens with zero attached hydrogens (tertiary/aromatic N) is 2. The molecule has 4 nitrogen and oxygen atoms in total. The minimum atomic E-state index is -0.881. The van der Waals surface area contributed by atoms with Gasteiger partial charge in [0.05, 0.1) is 23.1 Å². The number of halogens is 2. The first kappa shape index (κ1) is 20.6. The Hall–Kier alpha value is -4.32. The van der Waals surface area contributed by atoms with Gasteiger partial charge in [-0.3, -0.25) is 10.1 Å². The highest BCUT2D eigenvalue weighted by atomic mass is 19.2. The smallest absolute Gasteiger partial charge is 0.166 e. The van der Waals surface area contributed by atoms with Gasteiger partial charge in [-0.1, -0.05) is 55.1 Å². The molecule has 0 atom stereocenters. The predicted molar refractivity (Wildman–Crippen MR) is 128 cm³/mol. The summed E-state index contributed by atoms with van der Waals surface area (Å²) in [6, 6.07) is 21.6. The van der Waals surface area contributed by atoms with Gasteiger partial charge in [0.2, 0.25) is 0 Å². The van der Waals surface area contributed by atoms with Crippen molar-refractivity contribution >= 4 is 22.3 Å². The van der Waals surface area contributed by atoms with Crippen molar-refractivity contribution in [1.29, 1.82) is 0 Å². The molecule has 0 amide bonds. The number of rotatable bonds is 6. The molecule has 0 bridgehead atoms. The molecule has 0 spiro atoms. The summed E-state index contributed by atoms with van der Waals surface area (Å²) in [5.41, 5.74) is 5.73. The van der Waals surface area contributed by atoms with Crippen LogP contribution in [0.25, 0.3) is 27.7 Å². The van der Waals surface area contributed by atoms with Gasteiger partial charge in [0, 0.05) is 17.1 Å². The fourth-order valence-electron chi connectivity index (χ4n) is 3.86. The molecule has 0 aliphatic heterocycles. The Balaban J connectivity index is 1.42. The number of fused-ring (bicyclic) bond motifs is 1. The highest BCUT2D eigenvalue weighted by Crippen LogP contribution is 2.30. The first-order valence-electron chi connectivity index (χ1n) is 10.4. The van der Waals surface area contributed by atoms with Crippen molar-refractivity contribution < 1.29 is 8.78 Å². The molecule has 2 N–H and O–H groups in total. The van der Waals surface area contributed by atoms with Gasteiger partial charge in [-0.25, -0.2) is 8.78 Å². The zero-order chi connectivity index (χ0) is 22.8. The molecule has 5 rings (SSSR count). The van der Waals surface area contributed by atoms with Gasteiger partial charge in [-0.2, -0.15) is 5.10 Å². The van der Waals surface area contributed by atoms with Crippen LogP contribution in [0.2, 0.25) is 0 Å². The van der Waals surface area contributed by atoms with E-state index in [-0.39, 0.29) is 5.56 Å². The lowest BCUT2D eigenvalue weighted by Crippen LogP contribution is -2.00. The van der Waals surface area contributed by atoms with Gasteiger partial charge < -0.3 is 5.32 Å². The van der Waals surface area contributed by atoms with Crippen LogP contribution in [0, 0.1) is 11.6 Å². The molecule has 0 aliphatic rings. The Morgan fingerprint density at radius 3 is 2.61 bits per heavy atom. The number of aromatic amines is 1. The predicted octanol–water partition coefficient (Wildman–Crippen LogP) is 6.58. The van der Waals surface area contributed by atoms with E-state index in [0.717, 1.165) is 34.6 Å². The summed E-state index contributed by atoms with van der Waals surface area (Å²) in [6.45, 7) is 4.13. The number of anilines is 1. The van der Waals surface area contributed by atoms with Crippen molar-refractivity contribution in [3.63, 3.8) is 0 Å². The second kappa shape index (κ2) is 8.67.